The van der Waals surface area contributed by atoms with Gasteiger partial charge in [-0.05, 0) is 22.4 Å². The van der Waals surface area contributed by atoms with E-state index in [2.05, 4.69) is 21.0 Å². The standard InChI is InChI=1S/C11H19BrN2O2/c1-4-8-10(12)9(14(3)13-8)5-11(2,6-15)7-16/h15-16H,4-7H2,1-3H3. The molecule has 1 heterocycles. The largest absolute Gasteiger partial charge is 0.396 e. The summed E-state index contributed by atoms with van der Waals surface area (Å²) in [5.74, 6) is 0. The van der Waals surface area contributed by atoms with E-state index in [0.717, 1.165) is 22.3 Å². The van der Waals surface area contributed by atoms with Crippen LogP contribution in [0.2, 0.25) is 0 Å². The Hall–Kier alpha value is -0.390. The van der Waals surface area contributed by atoms with Gasteiger partial charge in [0.15, 0.2) is 0 Å². The highest BCUT2D eigenvalue weighted by Crippen LogP contribution is 2.28. The zero-order valence-corrected chi connectivity index (χ0v) is 11.6. The lowest BCUT2D eigenvalue weighted by Crippen LogP contribution is -2.29. The number of aliphatic hydroxyl groups excluding tert-OH is 2. The third kappa shape index (κ3) is 2.64. The molecule has 0 saturated carbocycles. The first-order valence-electron chi connectivity index (χ1n) is 5.39. The third-order valence-corrected chi connectivity index (χ3v) is 3.78. The van der Waals surface area contributed by atoms with Gasteiger partial charge in [-0.1, -0.05) is 13.8 Å². The van der Waals surface area contributed by atoms with Crippen LogP contribution in [0.1, 0.15) is 25.2 Å². The van der Waals surface area contributed by atoms with Crippen molar-refractivity contribution in [3.05, 3.63) is 15.9 Å². The SMILES string of the molecule is CCc1nn(C)c(CC(C)(CO)CO)c1Br. The van der Waals surface area contributed by atoms with Gasteiger partial charge in [-0.3, -0.25) is 4.68 Å². The van der Waals surface area contributed by atoms with Crippen LogP contribution in [0.15, 0.2) is 4.47 Å². The molecular formula is C11H19BrN2O2. The Morgan fingerprint density at radius 1 is 1.38 bits per heavy atom. The number of aliphatic hydroxyl groups is 2. The van der Waals surface area contributed by atoms with E-state index in [1.807, 2.05) is 25.6 Å². The van der Waals surface area contributed by atoms with E-state index in [-0.39, 0.29) is 13.2 Å². The summed E-state index contributed by atoms with van der Waals surface area (Å²) in [7, 11) is 1.88. The number of hydrogen-bond acceptors (Lipinski definition) is 3. The van der Waals surface area contributed by atoms with Crippen molar-refractivity contribution in [1.29, 1.82) is 0 Å². The molecule has 0 bridgehead atoms. The molecule has 5 heteroatoms. The Kier molecular flexibility index (Phi) is 4.52. The van der Waals surface area contributed by atoms with E-state index in [0.29, 0.717) is 6.42 Å². The summed E-state index contributed by atoms with van der Waals surface area (Å²) >= 11 is 3.53. The van der Waals surface area contributed by atoms with Crippen LogP contribution in [-0.2, 0) is 19.9 Å². The van der Waals surface area contributed by atoms with Crippen LogP contribution >= 0.6 is 15.9 Å². The quantitative estimate of drug-likeness (QED) is 0.859. The summed E-state index contributed by atoms with van der Waals surface area (Å²) in [6.07, 6.45) is 1.47. The number of halogens is 1. The fraction of sp³-hybridized carbons (Fsp3) is 0.727. The van der Waals surface area contributed by atoms with Gasteiger partial charge in [0.2, 0.25) is 0 Å². The normalized spacial score (nSPS) is 12.1. The van der Waals surface area contributed by atoms with E-state index in [9.17, 15) is 10.2 Å². The molecule has 1 aromatic heterocycles. The summed E-state index contributed by atoms with van der Waals surface area (Å²) < 4.78 is 2.80. The number of hydrogen-bond donors (Lipinski definition) is 2. The zero-order chi connectivity index (χ0) is 12.3. The summed E-state index contributed by atoms with van der Waals surface area (Å²) in [6.45, 7) is 3.83. The van der Waals surface area contributed by atoms with Crippen molar-refractivity contribution in [3.63, 3.8) is 0 Å². The summed E-state index contributed by atoms with van der Waals surface area (Å²) in [6, 6.07) is 0. The highest BCUT2D eigenvalue weighted by molar-refractivity contribution is 9.10. The second-order valence-electron chi connectivity index (χ2n) is 4.49. The van der Waals surface area contributed by atoms with Crippen molar-refractivity contribution < 1.29 is 10.2 Å². The van der Waals surface area contributed by atoms with Gasteiger partial charge in [-0.25, -0.2) is 0 Å². The Bertz CT molecular complexity index is 359. The number of aromatic nitrogens is 2. The molecule has 0 aromatic carbocycles. The minimum Gasteiger partial charge on any atom is -0.396 e. The van der Waals surface area contributed by atoms with Gasteiger partial charge >= 0.3 is 0 Å². The highest BCUT2D eigenvalue weighted by atomic mass is 79.9. The molecule has 1 rings (SSSR count). The van der Waals surface area contributed by atoms with Crippen LogP contribution in [0.25, 0.3) is 0 Å². The lowest BCUT2D eigenvalue weighted by molar-refractivity contribution is 0.0687. The van der Waals surface area contributed by atoms with Crippen molar-refractivity contribution in [3.8, 4) is 0 Å². The Morgan fingerprint density at radius 2 is 1.94 bits per heavy atom. The predicted octanol–water partition coefficient (Wildman–Crippen LogP) is 1.28. The molecular weight excluding hydrogens is 272 g/mol. The Labute approximate surface area is 104 Å². The van der Waals surface area contributed by atoms with Crippen molar-refractivity contribution in [2.45, 2.75) is 26.7 Å². The lowest BCUT2D eigenvalue weighted by atomic mass is 9.87. The van der Waals surface area contributed by atoms with Crippen LogP contribution in [0.5, 0.6) is 0 Å². The van der Waals surface area contributed by atoms with E-state index in [1.54, 1.807) is 0 Å². The Morgan fingerprint density at radius 3 is 2.31 bits per heavy atom. The van der Waals surface area contributed by atoms with Crippen molar-refractivity contribution in [1.82, 2.24) is 9.78 Å². The van der Waals surface area contributed by atoms with Crippen LogP contribution in [0.3, 0.4) is 0 Å². The molecule has 0 amide bonds. The topological polar surface area (TPSA) is 58.3 Å². The smallest absolute Gasteiger partial charge is 0.0766 e. The molecule has 0 fully saturated rings. The average molecular weight is 291 g/mol. The van der Waals surface area contributed by atoms with Crippen LogP contribution in [0.4, 0.5) is 0 Å². The van der Waals surface area contributed by atoms with Gasteiger partial charge in [0.05, 0.1) is 29.1 Å². The summed E-state index contributed by atoms with van der Waals surface area (Å²) in [4.78, 5) is 0. The van der Waals surface area contributed by atoms with Crippen molar-refractivity contribution in [2.24, 2.45) is 12.5 Å². The maximum absolute atomic E-state index is 9.29. The minimum absolute atomic E-state index is 0.0391. The molecule has 0 aliphatic carbocycles. The molecule has 4 nitrogen and oxygen atoms in total. The van der Waals surface area contributed by atoms with Gasteiger partial charge in [0, 0.05) is 18.9 Å². The van der Waals surface area contributed by atoms with Gasteiger partial charge < -0.3 is 10.2 Å². The lowest BCUT2D eigenvalue weighted by Gasteiger charge is -2.24. The van der Waals surface area contributed by atoms with E-state index in [4.69, 9.17) is 0 Å². The fourth-order valence-corrected chi connectivity index (χ4v) is 2.33. The van der Waals surface area contributed by atoms with Crippen LogP contribution < -0.4 is 0 Å². The molecule has 1 aromatic rings. The number of rotatable bonds is 5. The fourth-order valence-electron chi connectivity index (χ4n) is 1.58. The van der Waals surface area contributed by atoms with E-state index >= 15 is 0 Å². The molecule has 16 heavy (non-hydrogen) atoms. The van der Waals surface area contributed by atoms with E-state index in [1.165, 1.54) is 0 Å². The summed E-state index contributed by atoms with van der Waals surface area (Å²) in [5.41, 5.74) is 1.53. The molecule has 0 spiro atoms. The zero-order valence-electron chi connectivity index (χ0n) is 10.00. The van der Waals surface area contributed by atoms with Crippen molar-refractivity contribution in [2.75, 3.05) is 13.2 Å². The third-order valence-electron chi connectivity index (χ3n) is 2.86. The van der Waals surface area contributed by atoms with Gasteiger partial charge in [-0.15, -0.1) is 0 Å². The first-order valence-corrected chi connectivity index (χ1v) is 6.18. The molecule has 0 unspecified atom stereocenters. The summed E-state index contributed by atoms with van der Waals surface area (Å²) in [5, 5.41) is 23.0. The first-order chi connectivity index (χ1) is 7.47. The maximum Gasteiger partial charge on any atom is 0.0766 e. The van der Waals surface area contributed by atoms with Gasteiger partial charge in [0.1, 0.15) is 0 Å². The minimum atomic E-state index is -0.499. The highest BCUT2D eigenvalue weighted by Gasteiger charge is 2.26. The first kappa shape index (κ1) is 13.7. The molecule has 92 valence electrons. The molecule has 0 saturated heterocycles. The van der Waals surface area contributed by atoms with Gasteiger partial charge in [0.25, 0.3) is 0 Å². The van der Waals surface area contributed by atoms with Crippen molar-refractivity contribution >= 4 is 15.9 Å². The average Bonchev–Trinajstić information content (AvgIpc) is 2.56. The second-order valence-corrected chi connectivity index (χ2v) is 5.28. The Balaban J connectivity index is 3.01. The predicted molar refractivity (Wildman–Crippen MR) is 66.3 cm³/mol. The molecule has 2 N–H and O–H groups in total. The molecule has 0 aliphatic heterocycles. The monoisotopic (exact) mass is 290 g/mol. The van der Waals surface area contributed by atoms with Gasteiger partial charge in [-0.2, -0.15) is 5.10 Å². The number of aryl methyl sites for hydroxylation is 2. The maximum atomic E-state index is 9.29. The van der Waals surface area contributed by atoms with Crippen LogP contribution in [-0.4, -0.2) is 33.2 Å². The molecule has 0 atom stereocenters. The molecule has 0 radical (unpaired) electrons. The molecule has 0 aliphatic rings. The van der Waals surface area contributed by atoms with Crippen LogP contribution in [0, 0.1) is 5.41 Å². The number of nitrogens with zero attached hydrogens (tertiary/aromatic N) is 2. The second kappa shape index (κ2) is 5.29. The van der Waals surface area contributed by atoms with E-state index < -0.39 is 5.41 Å².